The third-order valence-corrected chi connectivity index (χ3v) is 5.80. The maximum atomic E-state index is 6.20. The van der Waals surface area contributed by atoms with Gasteiger partial charge in [0.05, 0.1) is 5.69 Å². The summed E-state index contributed by atoms with van der Waals surface area (Å²) in [5, 5.41) is 4.61. The van der Waals surface area contributed by atoms with Crippen LogP contribution >= 0.6 is 27.5 Å². The molecule has 1 atom stereocenters. The summed E-state index contributed by atoms with van der Waals surface area (Å²) in [6.07, 6.45) is 8.22. The summed E-state index contributed by atoms with van der Waals surface area (Å²) in [6.45, 7) is 3.34. The van der Waals surface area contributed by atoms with E-state index in [2.05, 4.69) is 38.3 Å². The van der Waals surface area contributed by atoms with Crippen LogP contribution in [0.1, 0.15) is 38.5 Å². The Kier molecular flexibility index (Phi) is 5.47. The Hall–Kier alpha value is -0.250. The molecule has 3 rings (SSSR count). The van der Waals surface area contributed by atoms with Gasteiger partial charge in [0.1, 0.15) is 0 Å². The Morgan fingerprint density at radius 1 is 1.14 bits per heavy atom. The molecule has 116 valence electrons. The van der Waals surface area contributed by atoms with Crippen LogP contribution in [0.3, 0.4) is 0 Å². The highest BCUT2D eigenvalue weighted by Gasteiger charge is 2.27. The highest BCUT2D eigenvalue weighted by molar-refractivity contribution is 9.10. The number of benzene rings is 1. The molecule has 0 amide bonds. The van der Waals surface area contributed by atoms with Crippen LogP contribution in [-0.4, -0.2) is 25.7 Å². The smallest absolute Gasteiger partial charge is 0.0526 e. The largest absolute Gasteiger partial charge is 0.369 e. The highest BCUT2D eigenvalue weighted by Crippen LogP contribution is 2.32. The van der Waals surface area contributed by atoms with E-state index in [1.54, 1.807) is 0 Å². The Balaban J connectivity index is 1.76. The fourth-order valence-electron chi connectivity index (χ4n) is 3.75. The molecule has 1 aliphatic carbocycles. The van der Waals surface area contributed by atoms with Crippen molar-refractivity contribution >= 4 is 33.2 Å². The van der Waals surface area contributed by atoms with Crippen molar-refractivity contribution in [2.75, 3.05) is 24.5 Å². The first-order valence-corrected chi connectivity index (χ1v) is 9.34. The second kappa shape index (κ2) is 7.34. The van der Waals surface area contributed by atoms with Gasteiger partial charge in [-0.25, -0.2) is 0 Å². The second-order valence-corrected chi connectivity index (χ2v) is 7.64. The molecule has 1 unspecified atom stereocenters. The molecular formula is C17H24BrClN2. The van der Waals surface area contributed by atoms with E-state index in [0.717, 1.165) is 35.0 Å². The maximum absolute atomic E-state index is 6.20. The first-order valence-electron chi connectivity index (χ1n) is 8.17. The lowest BCUT2D eigenvalue weighted by atomic mass is 9.83. The fraction of sp³-hybridized carbons (Fsp3) is 0.647. The van der Waals surface area contributed by atoms with Gasteiger partial charge in [0, 0.05) is 28.6 Å². The topological polar surface area (TPSA) is 15.3 Å². The summed E-state index contributed by atoms with van der Waals surface area (Å²) in [6, 6.07) is 6.73. The van der Waals surface area contributed by atoms with Gasteiger partial charge in [-0.2, -0.15) is 0 Å². The zero-order valence-corrected chi connectivity index (χ0v) is 14.8. The van der Waals surface area contributed by atoms with Crippen molar-refractivity contribution in [3.8, 4) is 0 Å². The molecule has 0 radical (unpaired) electrons. The number of anilines is 1. The molecule has 1 aliphatic heterocycles. The first kappa shape index (κ1) is 15.6. The van der Waals surface area contributed by atoms with E-state index in [1.165, 1.54) is 44.2 Å². The molecule has 1 saturated heterocycles. The van der Waals surface area contributed by atoms with E-state index in [0.29, 0.717) is 6.04 Å². The third kappa shape index (κ3) is 3.94. The fourth-order valence-corrected chi connectivity index (χ4v) is 4.41. The Labute approximate surface area is 141 Å². The monoisotopic (exact) mass is 370 g/mol. The predicted molar refractivity (Wildman–Crippen MR) is 94.3 cm³/mol. The average Bonchev–Trinajstić information content (AvgIpc) is 2.76. The SMILES string of the molecule is Clc1ccc(Br)c(N2CCCNC(C3CCCCC3)C2)c1. The Morgan fingerprint density at radius 2 is 1.95 bits per heavy atom. The van der Waals surface area contributed by atoms with Crippen molar-refractivity contribution in [1.29, 1.82) is 0 Å². The highest BCUT2D eigenvalue weighted by atomic mass is 79.9. The van der Waals surface area contributed by atoms with Crippen LogP contribution < -0.4 is 10.2 Å². The summed E-state index contributed by atoms with van der Waals surface area (Å²) < 4.78 is 1.15. The second-order valence-electron chi connectivity index (χ2n) is 6.35. The summed E-state index contributed by atoms with van der Waals surface area (Å²) in [4.78, 5) is 2.51. The normalized spacial score (nSPS) is 24.9. The molecule has 21 heavy (non-hydrogen) atoms. The van der Waals surface area contributed by atoms with Gasteiger partial charge in [-0.05, 0) is 65.9 Å². The van der Waals surface area contributed by atoms with Crippen LogP contribution in [0.15, 0.2) is 22.7 Å². The van der Waals surface area contributed by atoms with Gasteiger partial charge in [-0.1, -0.05) is 30.9 Å². The van der Waals surface area contributed by atoms with Gasteiger partial charge in [-0.15, -0.1) is 0 Å². The minimum atomic E-state index is 0.624. The lowest BCUT2D eigenvalue weighted by Gasteiger charge is -2.34. The third-order valence-electron chi connectivity index (χ3n) is 4.90. The van der Waals surface area contributed by atoms with Crippen molar-refractivity contribution in [2.45, 2.75) is 44.6 Å². The standard InChI is InChI=1S/C17H24BrClN2/c18-15-8-7-14(19)11-17(15)21-10-4-9-20-16(12-21)13-5-2-1-3-6-13/h7-8,11,13,16,20H,1-6,9-10,12H2. The van der Waals surface area contributed by atoms with Gasteiger partial charge >= 0.3 is 0 Å². The zero-order chi connectivity index (χ0) is 14.7. The molecule has 1 N–H and O–H groups in total. The molecule has 1 saturated carbocycles. The molecule has 2 aliphatic rings. The van der Waals surface area contributed by atoms with Crippen molar-refractivity contribution in [3.63, 3.8) is 0 Å². The predicted octanol–water partition coefficient (Wildman–Crippen LogP) is 4.85. The molecule has 0 aromatic heterocycles. The van der Waals surface area contributed by atoms with Gasteiger partial charge in [0.25, 0.3) is 0 Å². The summed E-state index contributed by atoms with van der Waals surface area (Å²) >= 11 is 9.89. The number of nitrogens with zero attached hydrogens (tertiary/aromatic N) is 1. The van der Waals surface area contributed by atoms with Crippen molar-refractivity contribution in [2.24, 2.45) is 5.92 Å². The number of rotatable bonds is 2. The number of halogens is 2. The Morgan fingerprint density at radius 3 is 2.76 bits per heavy atom. The molecule has 2 fully saturated rings. The molecular weight excluding hydrogens is 348 g/mol. The number of hydrogen-bond donors (Lipinski definition) is 1. The van der Waals surface area contributed by atoms with E-state index in [4.69, 9.17) is 11.6 Å². The van der Waals surface area contributed by atoms with Crippen LogP contribution in [-0.2, 0) is 0 Å². The van der Waals surface area contributed by atoms with Crippen LogP contribution in [0, 0.1) is 5.92 Å². The minimum absolute atomic E-state index is 0.624. The number of hydrogen-bond acceptors (Lipinski definition) is 2. The van der Waals surface area contributed by atoms with Gasteiger partial charge < -0.3 is 10.2 Å². The minimum Gasteiger partial charge on any atom is -0.369 e. The summed E-state index contributed by atoms with van der Waals surface area (Å²) in [7, 11) is 0. The van der Waals surface area contributed by atoms with Crippen LogP contribution in [0.4, 0.5) is 5.69 Å². The molecule has 1 heterocycles. The maximum Gasteiger partial charge on any atom is 0.0526 e. The van der Waals surface area contributed by atoms with Crippen molar-refractivity contribution < 1.29 is 0 Å². The van der Waals surface area contributed by atoms with Gasteiger partial charge in [0.15, 0.2) is 0 Å². The molecule has 4 heteroatoms. The summed E-state index contributed by atoms with van der Waals surface area (Å²) in [5.41, 5.74) is 1.24. The van der Waals surface area contributed by atoms with Crippen LogP contribution in [0.5, 0.6) is 0 Å². The lowest BCUT2D eigenvalue weighted by molar-refractivity contribution is 0.277. The van der Waals surface area contributed by atoms with Crippen molar-refractivity contribution in [1.82, 2.24) is 5.32 Å². The van der Waals surface area contributed by atoms with E-state index >= 15 is 0 Å². The summed E-state index contributed by atoms with van der Waals surface area (Å²) in [5.74, 6) is 0.845. The molecule has 2 nitrogen and oxygen atoms in total. The van der Waals surface area contributed by atoms with E-state index in [1.807, 2.05) is 6.07 Å². The number of nitrogens with one attached hydrogen (secondary N) is 1. The quantitative estimate of drug-likeness (QED) is 0.799. The Bertz CT molecular complexity index is 474. The first-order chi connectivity index (χ1) is 10.2. The van der Waals surface area contributed by atoms with Crippen LogP contribution in [0.25, 0.3) is 0 Å². The van der Waals surface area contributed by atoms with Gasteiger partial charge in [-0.3, -0.25) is 0 Å². The molecule has 0 bridgehead atoms. The molecule has 1 aromatic carbocycles. The molecule has 0 spiro atoms. The lowest BCUT2D eigenvalue weighted by Crippen LogP contribution is -2.43. The van der Waals surface area contributed by atoms with E-state index in [-0.39, 0.29) is 0 Å². The van der Waals surface area contributed by atoms with E-state index < -0.39 is 0 Å². The average molecular weight is 372 g/mol. The van der Waals surface area contributed by atoms with Gasteiger partial charge in [0.2, 0.25) is 0 Å². The van der Waals surface area contributed by atoms with E-state index in [9.17, 15) is 0 Å². The zero-order valence-electron chi connectivity index (χ0n) is 12.5. The van der Waals surface area contributed by atoms with Crippen molar-refractivity contribution in [3.05, 3.63) is 27.7 Å². The van der Waals surface area contributed by atoms with Crippen LogP contribution in [0.2, 0.25) is 5.02 Å². The molecule has 1 aromatic rings.